The summed E-state index contributed by atoms with van der Waals surface area (Å²) in [6, 6.07) is 11.1. The summed E-state index contributed by atoms with van der Waals surface area (Å²) in [5.41, 5.74) is 2.39. The summed E-state index contributed by atoms with van der Waals surface area (Å²) in [6.07, 6.45) is 5.49. The number of carbonyl (C=O) groups excluding carboxylic acids is 1. The van der Waals surface area contributed by atoms with E-state index in [0.29, 0.717) is 23.7 Å². The summed E-state index contributed by atoms with van der Waals surface area (Å²) < 4.78 is 10.5. The van der Waals surface area contributed by atoms with E-state index in [1.165, 1.54) is 0 Å². The van der Waals surface area contributed by atoms with Gasteiger partial charge in [-0.3, -0.25) is 4.98 Å². The number of aromatic nitrogens is 2. The van der Waals surface area contributed by atoms with Crippen LogP contribution in [0, 0.1) is 0 Å². The minimum atomic E-state index is -0.255. The van der Waals surface area contributed by atoms with Crippen molar-refractivity contribution in [2.45, 2.75) is 13.0 Å². The standard InChI is InChI=1S/C19H20N4O3/c1-25-15-6-4-14(5-7-15)8-9-22-19(24)23-13-16-18(21-11-10-20-16)17-3-2-12-26-17/h2-7,10-12H,8-9,13H2,1H3,(H2,22,23,24). The van der Waals surface area contributed by atoms with Crippen molar-refractivity contribution in [2.24, 2.45) is 0 Å². The van der Waals surface area contributed by atoms with Gasteiger partial charge in [0.25, 0.3) is 0 Å². The minimum Gasteiger partial charge on any atom is -0.497 e. The molecule has 0 aliphatic heterocycles. The minimum absolute atomic E-state index is 0.255. The van der Waals surface area contributed by atoms with E-state index in [1.807, 2.05) is 30.3 Å². The maximum atomic E-state index is 12.0. The Morgan fingerprint density at radius 2 is 1.92 bits per heavy atom. The van der Waals surface area contributed by atoms with E-state index in [-0.39, 0.29) is 12.6 Å². The van der Waals surface area contributed by atoms with Crippen molar-refractivity contribution < 1.29 is 13.9 Å². The molecule has 0 fully saturated rings. The highest BCUT2D eigenvalue weighted by Crippen LogP contribution is 2.19. The van der Waals surface area contributed by atoms with Gasteiger partial charge in [-0.25, -0.2) is 9.78 Å². The van der Waals surface area contributed by atoms with Crippen molar-refractivity contribution in [2.75, 3.05) is 13.7 Å². The number of nitrogens with one attached hydrogen (secondary N) is 2. The molecular formula is C19H20N4O3. The van der Waals surface area contributed by atoms with Gasteiger partial charge in [-0.1, -0.05) is 12.1 Å². The molecule has 0 atom stereocenters. The molecule has 0 saturated heterocycles. The summed E-state index contributed by atoms with van der Waals surface area (Å²) >= 11 is 0. The van der Waals surface area contributed by atoms with E-state index in [4.69, 9.17) is 9.15 Å². The molecule has 0 radical (unpaired) electrons. The SMILES string of the molecule is COc1ccc(CCNC(=O)NCc2nccnc2-c2ccco2)cc1. The third-order valence-corrected chi connectivity index (χ3v) is 3.80. The largest absolute Gasteiger partial charge is 0.497 e. The summed E-state index contributed by atoms with van der Waals surface area (Å²) in [7, 11) is 1.63. The smallest absolute Gasteiger partial charge is 0.315 e. The molecule has 2 aromatic heterocycles. The van der Waals surface area contributed by atoms with E-state index >= 15 is 0 Å². The Labute approximate surface area is 151 Å². The van der Waals surface area contributed by atoms with Crippen LogP contribution in [-0.2, 0) is 13.0 Å². The lowest BCUT2D eigenvalue weighted by molar-refractivity contribution is 0.240. The Bertz CT molecular complexity index is 832. The number of hydrogen-bond donors (Lipinski definition) is 2. The Hall–Kier alpha value is -3.35. The van der Waals surface area contributed by atoms with Crippen molar-refractivity contribution in [1.29, 1.82) is 0 Å². The maximum Gasteiger partial charge on any atom is 0.315 e. The number of hydrogen-bond acceptors (Lipinski definition) is 5. The van der Waals surface area contributed by atoms with Gasteiger partial charge in [-0.2, -0.15) is 0 Å². The van der Waals surface area contributed by atoms with Crippen LogP contribution < -0.4 is 15.4 Å². The average molecular weight is 352 g/mol. The van der Waals surface area contributed by atoms with Crippen molar-refractivity contribution in [3.05, 3.63) is 66.3 Å². The molecule has 3 aromatic rings. The van der Waals surface area contributed by atoms with Gasteiger partial charge in [0.15, 0.2) is 5.76 Å². The van der Waals surface area contributed by atoms with Crippen molar-refractivity contribution in [3.63, 3.8) is 0 Å². The average Bonchev–Trinajstić information content (AvgIpc) is 3.22. The van der Waals surface area contributed by atoms with Crippen molar-refractivity contribution >= 4 is 6.03 Å². The molecule has 2 N–H and O–H groups in total. The predicted octanol–water partition coefficient (Wildman–Crippen LogP) is 2.79. The molecule has 134 valence electrons. The van der Waals surface area contributed by atoms with Crippen LogP contribution in [0.15, 0.2) is 59.5 Å². The van der Waals surface area contributed by atoms with Crippen molar-refractivity contribution in [3.8, 4) is 17.2 Å². The van der Waals surface area contributed by atoms with Gasteiger partial charge in [-0.15, -0.1) is 0 Å². The summed E-state index contributed by atoms with van der Waals surface area (Å²) in [4.78, 5) is 20.5. The number of nitrogens with zero attached hydrogens (tertiary/aromatic N) is 2. The molecule has 0 aliphatic carbocycles. The van der Waals surface area contributed by atoms with E-state index in [1.54, 1.807) is 31.8 Å². The molecule has 26 heavy (non-hydrogen) atoms. The first-order chi connectivity index (χ1) is 12.8. The molecule has 1 aromatic carbocycles. The van der Waals surface area contributed by atoms with Gasteiger partial charge in [0.1, 0.15) is 11.4 Å². The lowest BCUT2D eigenvalue weighted by Gasteiger charge is -2.09. The van der Waals surface area contributed by atoms with Gasteiger partial charge in [0.2, 0.25) is 0 Å². The third-order valence-electron chi connectivity index (χ3n) is 3.80. The molecule has 7 heteroatoms. The summed E-state index contributed by atoms with van der Waals surface area (Å²) in [5.74, 6) is 1.44. The van der Waals surface area contributed by atoms with Gasteiger partial charge in [0, 0.05) is 18.9 Å². The second kappa shape index (κ2) is 8.66. The van der Waals surface area contributed by atoms with Crippen LogP contribution in [0.5, 0.6) is 5.75 Å². The highest BCUT2D eigenvalue weighted by atomic mass is 16.5. The fraction of sp³-hybridized carbons (Fsp3) is 0.211. The quantitative estimate of drug-likeness (QED) is 0.682. The summed E-state index contributed by atoms with van der Waals surface area (Å²) in [5, 5.41) is 5.62. The summed E-state index contributed by atoms with van der Waals surface area (Å²) in [6.45, 7) is 0.794. The topological polar surface area (TPSA) is 89.3 Å². The zero-order valence-corrected chi connectivity index (χ0v) is 14.4. The fourth-order valence-corrected chi connectivity index (χ4v) is 2.45. The number of urea groups is 1. The van der Waals surface area contributed by atoms with Crippen molar-refractivity contribution in [1.82, 2.24) is 20.6 Å². The van der Waals surface area contributed by atoms with Gasteiger partial charge in [0.05, 0.1) is 25.6 Å². The predicted molar refractivity (Wildman–Crippen MR) is 96.7 cm³/mol. The lowest BCUT2D eigenvalue weighted by atomic mass is 10.1. The molecular weight excluding hydrogens is 332 g/mol. The zero-order valence-electron chi connectivity index (χ0n) is 14.4. The molecule has 2 amide bonds. The molecule has 3 rings (SSSR count). The van der Waals surface area contributed by atoms with Crippen LogP contribution in [0.3, 0.4) is 0 Å². The number of amides is 2. The second-order valence-corrected chi connectivity index (χ2v) is 5.54. The molecule has 0 aliphatic rings. The Balaban J connectivity index is 1.47. The number of furan rings is 1. The number of carbonyl (C=O) groups is 1. The third kappa shape index (κ3) is 4.60. The Kier molecular flexibility index (Phi) is 5.82. The Morgan fingerprint density at radius 3 is 2.65 bits per heavy atom. The molecule has 0 bridgehead atoms. The highest BCUT2D eigenvalue weighted by Gasteiger charge is 2.11. The van der Waals surface area contributed by atoms with Crippen LogP contribution in [0.25, 0.3) is 11.5 Å². The molecule has 0 unspecified atom stereocenters. The molecule has 0 spiro atoms. The van der Waals surface area contributed by atoms with Gasteiger partial charge in [-0.05, 0) is 36.2 Å². The van der Waals surface area contributed by atoms with Crippen LogP contribution in [0.4, 0.5) is 4.79 Å². The van der Waals surface area contributed by atoms with Crippen LogP contribution in [0.1, 0.15) is 11.3 Å². The number of benzene rings is 1. The van der Waals surface area contributed by atoms with Crippen LogP contribution >= 0.6 is 0 Å². The first-order valence-electron chi connectivity index (χ1n) is 8.24. The lowest BCUT2D eigenvalue weighted by Crippen LogP contribution is -2.36. The zero-order chi connectivity index (χ0) is 18.2. The molecule has 7 nitrogen and oxygen atoms in total. The highest BCUT2D eigenvalue weighted by molar-refractivity contribution is 5.74. The molecule has 0 saturated carbocycles. The van der Waals surface area contributed by atoms with E-state index in [0.717, 1.165) is 17.7 Å². The first kappa shape index (κ1) is 17.5. The monoisotopic (exact) mass is 352 g/mol. The van der Waals surface area contributed by atoms with Gasteiger partial charge < -0.3 is 19.8 Å². The van der Waals surface area contributed by atoms with Crippen LogP contribution in [-0.4, -0.2) is 29.7 Å². The fourth-order valence-electron chi connectivity index (χ4n) is 2.45. The number of ether oxygens (including phenoxy) is 1. The van der Waals surface area contributed by atoms with Gasteiger partial charge >= 0.3 is 6.03 Å². The maximum absolute atomic E-state index is 12.0. The number of methoxy groups -OCH3 is 1. The van der Waals surface area contributed by atoms with E-state index < -0.39 is 0 Å². The van der Waals surface area contributed by atoms with Crippen LogP contribution in [0.2, 0.25) is 0 Å². The second-order valence-electron chi connectivity index (χ2n) is 5.54. The first-order valence-corrected chi connectivity index (χ1v) is 8.24. The van der Waals surface area contributed by atoms with E-state index in [9.17, 15) is 4.79 Å². The Morgan fingerprint density at radius 1 is 1.12 bits per heavy atom. The number of rotatable bonds is 7. The normalized spacial score (nSPS) is 10.3. The molecule has 2 heterocycles. The van der Waals surface area contributed by atoms with E-state index in [2.05, 4.69) is 20.6 Å².